The molecule has 6 rings (SSSR count). The number of aryl methyl sites for hydroxylation is 6. The van der Waals surface area contributed by atoms with E-state index >= 15 is 0 Å². The third-order valence-electron chi connectivity index (χ3n) is 8.18. The van der Waals surface area contributed by atoms with Crippen molar-refractivity contribution in [2.24, 2.45) is 0 Å². The zero-order valence-corrected chi connectivity index (χ0v) is 26.5. The fraction of sp³-hybridized carbons (Fsp3) is 0.143. The molecule has 0 unspecified atom stereocenters. The summed E-state index contributed by atoms with van der Waals surface area (Å²) in [6.07, 6.45) is 4.50. The molecule has 0 aliphatic heterocycles. The van der Waals surface area contributed by atoms with Gasteiger partial charge in [0, 0.05) is 6.07 Å². The quantitative estimate of drug-likeness (QED) is 0.0941. The first-order valence-electron chi connectivity index (χ1n) is 16.1. The van der Waals surface area contributed by atoms with Gasteiger partial charge < -0.3 is 29.9 Å². The lowest BCUT2D eigenvalue weighted by Crippen LogP contribution is -1.96. The topological polar surface area (TPSA) is 99.4 Å². The van der Waals surface area contributed by atoms with Crippen LogP contribution in [-0.2, 0) is 38.5 Å². The molecule has 0 saturated carbocycles. The number of rotatable bonds is 13. The number of hydrogen-bond donors (Lipinski definition) is 4. The monoisotopic (exact) mass is 638 g/mol. The zero-order valence-electron chi connectivity index (χ0n) is 26.5. The molecule has 0 bridgehead atoms. The SMILES string of the molecule is Oc1cccc(CCc2cccc(Oc3cc(CCc4ccc(O)c(O)c4)cc(Oc4cccc(CCc5cccc(O)c5)c4)c3)c2)c1. The van der Waals surface area contributed by atoms with E-state index in [4.69, 9.17) is 9.47 Å². The van der Waals surface area contributed by atoms with Crippen LogP contribution in [0.2, 0.25) is 0 Å². The second-order valence-corrected chi connectivity index (χ2v) is 12.0. The van der Waals surface area contributed by atoms with Gasteiger partial charge in [-0.15, -0.1) is 0 Å². The molecule has 0 fully saturated rings. The van der Waals surface area contributed by atoms with Crippen molar-refractivity contribution in [1.29, 1.82) is 0 Å². The number of phenols is 4. The van der Waals surface area contributed by atoms with E-state index in [1.165, 1.54) is 6.07 Å². The molecule has 6 nitrogen and oxygen atoms in total. The second kappa shape index (κ2) is 15.1. The van der Waals surface area contributed by atoms with Gasteiger partial charge >= 0.3 is 0 Å². The van der Waals surface area contributed by atoms with Gasteiger partial charge in [0.15, 0.2) is 11.5 Å². The number of ether oxygens (including phenoxy) is 2. The van der Waals surface area contributed by atoms with Gasteiger partial charge in [-0.05, 0) is 145 Å². The molecule has 0 saturated heterocycles. The van der Waals surface area contributed by atoms with E-state index in [9.17, 15) is 20.4 Å². The van der Waals surface area contributed by atoms with Crippen molar-refractivity contribution in [2.75, 3.05) is 0 Å². The summed E-state index contributed by atoms with van der Waals surface area (Å²) in [4.78, 5) is 0. The Kier molecular flexibility index (Phi) is 10.1. The second-order valence-electron chi connectivity index (χ2n) is 12.0. The molecule has 48 heavy (non-hydrogen) atoms. The average Bonchev–Trinajstić information content (AvgIpc) is 3.07. The summed E-state index contributed by atoms with van der Waals surface area (Å²) in [6.45, 7) is 0. The van der Waals surface area contributed by atoms with Crippen LogP contribution in [0, 0.1) is 0 Å². The number of phenolic OH excluding ortho intramolecular Hbond substituents is 4. The van der Waals surface area contributed by atoms with Gasteiger partial charge in [0.05, 0.1) is 0 Å². The lowest BCUT2D eigenvalue weighted by Gasteiger charge is -2.14. The van der Waals surface area contributed by atoms with Gasteiger partial charge in [-0.25, -0.2) is 0 Å². The van der Waals surface area contributed by atoms with Gasteiger partial charge in [0.1, 0.15) is 34.5 Å². The van der Waals surface area contributed by atoms with Crippen molar-refractivity contribution in [3.05, 3.63) is 167 Å². The summed E-state index contributed by atoms with van der Waals surface area (Å²) in [6, 6.07) is 41.5. The van der Waals surface area contributed by atoms with E-state index in [-0.39, 0.29) is 23.0 Å². The first-order chi connectivity index (χ1) is 23.3. The van der Waals surface area contributed by atoms with Crippen molar-refractivity contribution < 1.29 is 29.9 Å². The van der Waals surface area contributed by atoms with E-state index in [1.807, 2.05) is 78.9 Å². The Morgan fingerprint density at radius 2 is 0.708 bits per heavy atom. The number of hydrogen-bond acceptors (Lipinski definition) is 6. The normalized spacial score (nSPS) is 10.9. The largest absolute Gasteiger partial charge is 0.508 e. The molecule has 0 aliphatic rings. The fourth-order valence-electron chi connectivity index (χ4n) is 5.71. The molecular weight excluding hydrogens is 600 g/mol. The molecule has 6 aromatic rings. The van der Waals surface area contributed by atoms with Crippen molar-refractivity contribution >= 4 is 0 Å². The minimum atomic E-state index is -0.141. The smallest absolute Gasteiger partial charge is 0.157 e. The first-order valence-corrected chi connectivity index (χ1v) is 16.1. The maximum absolute atomic E-state index is 9.98. The zero-order chi connectivity index (χ0) is 33.3. The predicted molar refractivity (Wildman–Crippen MR) is 188 cm³/mol. The molecule has 0 aromatic heterocycles. The van der Waals surface area contributed by atoms with Crippen LogP contribution in [0.5, 0.6) is 46.0 Å². The van der Waals surface area contributed by atoms with E-state index in [0.717, 1.165) is 59.1 Å². The highest BCUT2D eigenvalue weighted by Gasteiger charge is 2.10. The maximum atomic E-state index is 9.98. The molecule has 4 N–H and O–H groups in total. The molecule has 0 atom stereocenters. The minimum Gasteiger partial charge on any atom is -0.508 e. The van der Waals surface area contributed by atoms with Crippen LogP contribution in [0.1, 0.15) is 33.4 Å². The number of aromatic hydroxyl groups is 4. The molecule has 0 spiro atoms. The van der Waals surface area contributed by atoms with Crippen molar-refractivity contribution in [3.8, 4) is 46.0 Å². The van der Waals surface area contributed by atoms with Crippen LogP contribution in [0.4, 0.5) is 0 Å². The molecule has 242 valence electrons. The van der Waals surface area contributed by atoms with Crippen molar-refractivity contribution in [1.82, 2.24) is 0 Å². The molecular formula is C42H38O6. The Bertz CT molecular complexity index is 1890. The van der Waals surface area contributed by atoms with Gasteiger partial charge in [0.25, 0.3) is 0 Å². The summed E-state index contributed by atoms with van der Waals surface area (Å²) in [5.41, 5.74) is 6.28. The Balaban J connectivity index is 1.20. The highest BCUT2D eigenvalue weighted by atomic mass is 16.5. The van der Waals surface area contributed by atoms with Crippen LogP contribution in [-0.4, -0.2) is 20.4 Å². The average molecular weight is 639 g/mol. The Morgan fingerprint density at radius 1 is 0.312 bits per heavy atom. The van der Waals surface area contributed by atoms with Gasteiger partial charge in [0.2, 0.25) is 0 Å². The Morgan fingerprint density at radius 3 is 1.17 bits per heavy atom. The van der Waals surface area contributed by atoms with Crippen LogP contribution < -0.4 is 9.47 Å². The summed E-state index contributed by atoms with van der Waals surface area (Å²) in [5.74, 6) is 2.96. The van der Waals surface area contributed by atoms with Crippen LogP contribution in [0.3, 0.4) is 0 Å². The molecule has 6 aromatic carbocycles. The predicted octanol–water partition coefficient (Wildman–Crippen LogP) is 9.45. The van der Waals surface area contributed by atoms with Crippen LogP contribution in [0.25, 0.3) is 0 Å². The molecule has 0 heterocycles. The van der Waals surface area contributed by atoms with Crippen molar-refractivity contribution in [3.63, 3.8) is 0 Å². The van der Waals surface area contributed by atoms with Gasteiger partial charge in [-0.1, -0.05) is 54.6 Å². The highest BCUT2D eigenvalue weighted by molar-refractivity contribution is 5.45. The summed E-state index contributed by atoms with van der Waals surface area (Å²) in [5, 5.41) is 39.3. The summed E-state index contributed by atoms with van der Waals surface area (Å²) in [7, 11) is 0. The van der Waals surface area contributed by atoms with Crippen molar-refractivity contribution in [2.45, 2.75) is 38.5 Å². The third-order valence-corrected chi connectivity index (χ3v) is 8.18. The van der Waals surface area contributed by atoms with E-state index in [1.54, 1.807) is 36.4 Å². The Labute approximate surface area is 280 Å². The summed E-state index contributed by atoms with van der Waals surface area (Å²) < 4.78 is 12.8. The Hall–Kier alpha value is -5.88. The minimum absolute atomic E-state index is 0.137. The molecule has 0 radical (unpaired) electrons. The number of benzene rings is 6. The van der Waals surface area contributed by atoms with Crippen LogP contribution >= 0.6 is 0 Å². The van der Waals surface area contributed by atoms with Gasteiger partial charge in [-0.3, -0.25) is 0 Å². The molecule has 6 heteroatoms. The lowest BCUT2D eigenvalue weighted by molar-refractivity contribution is 0.403. The maximum Gasteiger partial charge on any atom is 0.157 e. The first kappa shape index (κ1) is 32.1. The van der Waals surface area contributed by atoms with E-state index in [0.29, 0.717) is 35.8 Å². The van der Waals surface area contributed by atoms with E-state index in [2.05, 4.69) is 12.1 Å². The highest BCUT2D eigenvalue weighted by Crippen LogP contribution is 2.33. The van der Waals surface area contributed by atoms with E-state index < -0.39 is 0 Å². The van der Waals surface area contributed by atoms with Gasteiger partial charge in [-0.2, -0.15) is 0 Å². The third kappa shape index (κ3) is 9.10. The standard InChI is InChI=1S/C42H38O6/c43-35-9-1-5-29(21-35)13-15-31-7-3-11-37(23-31)47-39-25-34(18-17-33-19-20-41(45)42(46)27-33)26-40(28-39)48-38-12-4-8-32(24-38)16-14-30-6-2-10-36(44)22-30/h1-12,19-28,43-46H,13-18H2. The lowest BCUT2D eigenvalue weighted by atomic mass is 10.0. The molecule has 0 aliphatic carbocycles. The van der Waals surface area contributed by atoms with Crippen LogP contribution in [0.15, 0.2) is 133 Å². The summed E-state index contributed by atoms with van der Waals surface area (Å²) >= 11 is 0. The molecule has 0 amide bonds. The fourth-order valence-corrected chi connectivity index (χ4v) is 5.71.